The van der Waals surface area contributed by atoms with Gasteiger partial charge in [-0.2, -0.15) is 5.10 Å². The summed E-state index contributed by atoms with van der Waals surface area (Å²) in [5.41, 5.74) is 2.37. The number of aryl methyl sites for hydroxylation is 1. The molecule has 0 atom stereocenters. The number of ether oxygens (including phenoxy) is 2. The molecule has 0 radical (unpaired) electrons. The van der Waals surface area contributed by atoms with E-state index in [4.69, 9.17) is 14.5 Å². The number of hydrogen-bond acceptors (Lipinski definition) is 4. The maximum Gasteiger partial charge on any atom is 0.193 e. The summed E-state index contributed by atoms with van der Waals surface area (Å²) in [6, 6.07) is 7.65. The monoisotopic (exact) mass is 529 g/mol. The highest BCUT2D eigenvalue weighted by atomic mass is 127. The average Bonchev–Trinajstić information content (AvgIpc) is 3.07. The Bertz CT molecular complexity index is 792. The Morgan fingerprint density at radius 3 is 2.70 bits per heavy atom. The molecule has 30 heavy (non-hydrogen) atoms. The summed E-state index contributed by atoms with van der Waals surface area (Å²) in [6.45, 7) is 9.33. The van der Waals surface area contributed by atoms with Crippen molar-refractivity contribution in [2.75, 3.05) is 33.9 Å². The highest BCUT2D eigenvalue weighted by Crippen LogP contribution is 2.19. The van der Waals surface area contributed by atoms with Gasteiger partial charge in [0, 0.05) is 58.0 Å². The van der Waals surface area contributed by atoms with Gasteiger partial charge in [-0.05, 0) is 25.0 Å². The van der Waals surface area contributed by atoms with Crippen molar-refractivity contribution in [3.8, 4) is 11.5 Å². The topological polar surface area (TPSA) is 63.9 Å². The van der Waals surface area contributed by atoms with E-state index in [1.807, 2.05) is 36.0 Å². The normalized spacial score (nSPS) is 11.2. The van der Waals surface area contributed by atoms with Crippen LogP contribution < -0.4 is 14.8 Å². The fraction of sp³-hybridized carbons (Fsp3) is 0.545. The zero-order chi connectivity index (χ0) is 21.2. The Morgan fingerprint density at radius 1 is 1.30 bits per heavy atom. The number of methoxy groups -OCH3 is 1. The van der Waals surface area contributed by atoms with Crippen molar-refractivity contribution >= 4 is 29.9 Å². The summed E-state index contributed by atoms with van der Waals surface area (Å²) in [5, 5.41) is 7.97. The molecule has 2 rings (SSSR count). The summed E-state index contributed by atoms with van der Waals surface area (Å²) in [5.74, 6) is 2.91. The second kappa shape index (κ2) is 13.4. The molecule has 0 saturated heterocycles. The highest BCUT2D eigenvalue weighted by molar-refractivity contribution is 14.0. The Kier molecular flexibility index (Phi) is 11.6. The predicted molar refractivity (Wildman–Crippen MR) is 133 cm³/mol. The van der Waals surface area contributed by atoms with E-state index in [0.29, 0.717) is 19.1 Å². The van der Waals surface area contributed by atoms with Crippen LogP contribution in [0.2, 0.25) is 0 Å². The van der Waals surface area contributed by atoms with E-state index in [9.17, 15) is 0 Å². The molecule has 0 unspecified atom stereocenters. The second-order valence-corrected chi connectivity index (χ2v) is 7.34. The zero-order valence-electron chi connectivity index (χ0n) is 19.0. The smallest absolute Gasteiger partial charge is 0.193 e. The van der Waals surface area contributed by atoms with Gasteiger partial charge in [0.15, 0.2) is 5.96 Å². The van der Waals surface area contributed by atoms with Crippen LogP contribution in [-0.4, -0.2) is 54.5 Å². The maximum absolute atomic E-state index is 5.80. The molecule has 0 aliphatic rings. The molecule has 8 heteroatoms. The second-order valence-electron chi connectivity index (χ2n) is 7.34. The van der Waals surface area contributed by atoms with E-state index >= 15 is 0 Å². The number of benzene rings is 1. The first kappa shape index (κ1) is 26.1. The fourth-order valence-electron chi connectivity index (χ4n) is 3.09. The largest absolute Gasteiger partial charge is 0.497 e. The Morgan fingerprint density at radius 2 is 2.03 bits per heavy atom. The number of aromatic nitrogens is 2. The van der Waals surface area contributed by atoms with Crippen LogP contribution >= 0.6 is 24.0 Å². The van der Waals surface area contributed by atoms with E-state index < -0.39 is 0 Å². The molecule has 0 aliphatic heterocycles. The number of nitrogens with zero attached hydrogens (tertiary/aromatic N) is 4. The zero-order valence-corrected chi connectivity index (χ0v) is 21.3. The predicted octanol–water partition coefficient (Wildman–Crippen LogP) is 4.04. The van der Waals surface area contributed by atoms with Crippen LogP contribution in [-0.2, 0) is 13.6 Å². The molecule has 1 heterocycles. The first-order valence-corrected chi connectivity index (χ1v) is 10.2. The molecular weight excluding hydrogens is 493 g/mol. The summed E-state index contributed by atoms with van der Waals surface area (Å²) >= 11 is 0. The first-order valence-electron chi connectivity index (χ1n) is 10.2. The lowest BCUT2D eigenvalue weighted by atomic mass is 10.1. The number of rotatable bonds is 10. The van der Waals surface area contributed by atoms with Crippen molar-refractivity contribution in [2.24, 2.45) is 12.0 Å². The van der Waals surface area contributed by atoms with Crippen molar-refractivity contribution < 1.29 is 9.47 Å². The molecule has 0 bridgehead atoms. The van der Waals surface area contributed by atoms with Crippen molar-refractivity contribution in [3.05, 3.63) is 41.7 Å². The molecule has 1 aromatic heterocycles. The van der Waals surface area contributed by atoms with Gasteiger partial charge in [0.25, 0.3) is 0 Å². The molecule has 0 aliphatic carbocycles. The molecule has 7 nitrogen and oxygen atoms in total. The highest BCUT2D eigenvalue weighted by Gasteiger charge is 2.15. The third kappa shape index (κ3) is 8.04. The Hall–Kier alpha value is -1.97. The fourth-order valence-corrected chi connectivity index (χ4v) is 3.09. The lowest BCUT2D eigenvalue weighted by Gasteiger charge is -2.22. The Balaban J connectivity index is 0.00000450. The third-order valence-corrected chi connectivity index (χ3v) is 4.46. The SMILES string of the molecule is CCNC(=NCCCOc1cccc(OC)c1)N(C)Cc1cn(C)nc1C(C)C.I. The van der Waals surface area contributed by atoms with Crippen LogP contribution in [0.1, 0.15) is 44.4 Å². The van der Waals surface area contributed by atoms with Crippen molar-refractivity contribution in [3.63, 3.8) is 0 Å². The van der Waals surface area contributed by atoms with Crippen LogP contribution in [0.3, 0.4) is 0 Å². The minimum atomic E-state index is 0. The molecule has 0 amide bonds. The van der Waals surface area contributed by atoms with Crippen LogP contribution in [0.5, 0.6) is 11.5 Å². The summed E-state index contributed by atoms with van der Waals surface area (Å²) < 4.78 is 12.9. The lowest BCUT2D eigenvalue weighted by Crippen LogP contribution is -2.38. The average molecular weight is 529 g/mol. The quantitative estimate of drug-likeness (QED) is 0.218. The molecule has 0 fully saturated rings. The van der Waals surface area contributed by atoms with Gasteiger partial charge in [0.1, 0.15) is 11.5 Å². The third-order valence-electron chi connectivity index (χ3n) is 4.46. The van der Waals surface area contributed by atoms with Gasteiger partial charge in [-0.3, -0.25) is 9.67 Å². The van der Waals surface area contributed by atoms with Crippen molar-refractivity contribution in [1.82, 2.24) is 20.0 Å². The standard InChI is InChI=1S/C22H35N5O2.HI/c1-7-23-22(26(4)15-18-16-27(5)25-21(18)17(2)3)24-12-9-13-29-20-11-8-10-19(14-20)28-6;/h8,10-11,14,16-17H,7,9,12-13,15H2,1-6H3,(H,23,24);1H. The van der Waals surface area contributed by atoms with Crippen LogP contribution in [0.15, 0.2) is 35.5 Å². The molecule has 1 aromatic carbocycles. The lowest BCUT2D eigenvalue weighted by molar-refractivity contribution is 0.310. The molecule has 0 saturated carbocycles. The molecule has 1 N–H and O–H groups in total. The van der Waals surface area contributed by atoms with Gasteiger partial charge in [-0.25, -0.2) is 0 Å². The maximum atomic E-state index is 5.80. The minimum Gasteiger partial charge on any atom is -0.497 e. The molecule has 0 spiro atoms. The number of guanidine groups is 1. The van der Waals surface area contributed by atoms with E-state index in [0.717, 1.165) is 42.7 Å². The van der Waals surface area contributed by atoms with Gasteiger partial charge in [0.2, 0.25) is 0 Å². The van der Waals surface area contributed by atoms with Crippen LogP contribution in [0, 0.1) is 0 Å². The van der Waals surface area contributed by atoms with E-state index in [2.05, 4.69) is 49.3 Å². The van der Waals surface area contributed by atoms with Gasteiger partial charge in [0.05, 0.1) is 19.4 Å². The summed E-state index contributed by atoms with van der Waals surface area (Å²) in [4.78, 5) is 6.90. The van der Waals surface area contributed by atoms with E-state index in [-0.39, 0.29) is 24.0 Å². The van der Waals surface area contributed by atoms with E-state index in [1.165, 1.54) is 5.56 Å². The molecule has 2 aromatic rings. The van der Waals surface area contributed by atoms with Crippen molar-refractivity contribution in [2.45, 2.75) is 39.7 Å². The summed E-state index contributed by atoms with van der Waals surface area (Å²) in [7, 11) is 5.69. The Labute approximate surface area is 197 Å². The van der Waals surface area contributed by atoms with Gasteiger partial charge in [-0.15, -0.1) is 24.0 Å². The van der Waals surface area contributed by atoms with Gasteiger partial charge < -0.3 is 19.7 Å². The molecular formula is C22H36IN5O2. The van der Waals surface area contributed by atoms with E-state index in [1.54, 1.807) is 7.11 Å². The number of nitrogens with one attached hydrogen (secondary N) is 1. The van der Waals surface area contributed by atoms with Gasteiger partial charge >= 0.3 is 0 Å². The summed E-state index contributed by atoms with van der Waals surface area (Å²) in [6.07, 6.45) is 2.93. The first-order chi connectivity index (χ1) is 13.9. The number of hydrogen-bond donors (Lipinski definition) is 1. The van der Waals surface area contributed by atoms with Crippen LogP contribution in [0.4, 0.5) is 0 Å². The van der Waals surface area contributed by atoms with Gasteiger partial charge in [-0.1, -0.05) is 19.9 Å². The van der Waals surface area contributed by atoms with Crippen LogP contribution in [0.25, 0.3) is 0 Å². The molecule has 168 valence electrons. The minimum absolute atomic E-state index is 0. The van der Waals surface area contributed by atoms with Crippen molar-refractivity contribution in [1.29, 1.82) is 0 Å². The number of aliphatic imine (C=N–C) groups is 1. The number of halogens is 1.